The van der Waals surface area contributed by atoms with E-state index in [4.69, 9.17) is 13.9 Å². The average molecular weight is 274 g/mol. The Hall–Kier alpha value is -2.76. The maximum atomic E-state index is 12.2. The SMILES string of the molecule is COc1oc2c(c1OC)C(=O)C(=O)c1cccc(O)c1-2. The molecular weight excluding hydrogens is 264 g/mol. The number of Topliss-reactive ketones (excluding diaryl/α,β-unsaturated/α-hetero) is 2. The van der Waals surface area contributed by atoms with Gasteiger partial charge in [0.25, 0.3) is 0 Å². The molecule has 20 heavy (non-hydrogen) atoms. The van der Waals surface area contributed by atoms with Crippen molar-refractivity contribution in [2.24, 2.45) is 0 Å². The van der Waals surface area contributed by atoms with E-state index in [1.807, 2.05) is 0 Å². The fourth-order valence-electron chi connectivity index (χ4n) is 2.30. The normalized spacial score (nSPS) is 12.9. The second kappa shape index (κ2) is 4.12. The van der Waals surface area contributed by atoms with Gasteiger partial charge in [0, 0.05) is 5.56 Å². The van der Waals surface area contributed by atoms with Crippen molar-refractivity contribution in [2.45, 2.75) is 0 Å². The Balaban J connectivity index is 2.42. The fourth-order valence-corrected chi connectivity index (χ4v) is 2.30. The lowest BCUT2D eigenvalue weighted by Crippen LogP contribution is -2.20. The number of hydrogen-bond acceptors (Lipinski definition) is 6. The van der Waals surface area contributed by atoms with Crippen molar-refractivity contribution in [1.29, 1.82) is 0 Å². The largest absolute Gasteiger partial charge is 0.507 e. The van der Waals surface area contributed by atoms with Crippen molar-refractivity contribution in [2.75, 3.05) is 14.2 Å². The second-order valence-corrected chi connectivity index (χ2v) is 4.19. The lowest BCUT2D eigenvalue weighted by molar-refractivity contribution is 0.0813. The topological polar surface area (TPSA) is 86.0 Å². The lowest BCUT2D eigenvalue weighted by atomic mass is 9.88. The Bertz CT molecular complexity index is 740. The highest BCUT2D eigenvalue weighted by atomic mass is 16.6. The minimum atomic E-state index is -0.748. The molecule has 1 aliphatic rings. The molecule has 0 bridgehead atoms. The summed E-state index contributed by atoms with van der Waals surface area (Å²) in [5.74, 6) is -1.50. The van der Waals surface area contributed by atoms with Gasteiger partial charge in [-0.05, 0) is 12.1 Å². The van der Waals surface area contributed by atoms with E-state index in [-0.39, 0.29) is 39.9 Å². The zero-order valence-corrected chi connectivity index (χ0v) is 10.7. The number of phenolic OH excluding ortho intramolecular Hbond substituents is 1. The molecule has 0 aliphatic heterocycles. The van der Waals surface area contributed by atoms with Crippen LogP contribution in [0.5, 0.6) is 17.4 Å². The van der Waals surface area contributed by atoms with Crippen LogP contribution in [0.15, 0.2) is 22.6 Å². The maximum absolute atomic E-state index is 12.2. The van der Waals surface area contributed by atoms with E-state index in [1.54, 1.807) is 0 Å². The Morgan fingerprint density at radius 1 is 1.05 bits per heavy atom. The van der Waals surface area contributed by atoms with Gasteiger partial charge in [0.2, 0.25) is 17.3 Å². The predicted molar refractivity (Wildman–Crippen MR) is 67.6 cm³/mol. The van der Waals surface area contributed by atoms with E-state index >= 15 is 0 Å². The van der Waals surface area contributed by atoms with Gasteiger partial charge in [0.1, 0.15) is 11.3 Å². The molecule has 6 heteroatoms. The van der Waals surface area contributed by atoms with Gasteiger partial charge in [-0.25, -0.2) is 0 Å². The van der Waals surface area contributed by atoms with Crippen LogP contribution < -0.4 is 9.47 Å². The lowest BCUT2D eigenvalue weighted by Gasteiger charge is -2.14. The summed E-state index contributed by atoms with van der Waals surface area (Å²) in [6.07, 6.45) is 0. The molecule has 0 unspecified atom stereocenters. The van der Waals surface area contributed by atoms with Crippen molar-refractivity contribution < 1.29 is 28.6 Å². The molecule has 3 rings (SSSR count). The van der Waals surface area contributed by atoms with Crippen LogP contribution in [0, 0.1) is 0 Å². The number of carbonyl (C=O) groups excluding carboxylic acids is 2. The summed E-state index contributed by atoms with van der Waals surface area (Å²) in [6.45, 7) is 0. The second-order valence-electron chi connectivity index (χ2n) is 4.19. The third-order valence-electron chi connectivity index (χ3n) is 3.17. The first-order chi connectivity index (χ1) is 9.60. The molecule has 1 aromatic carbocycles. The molecule has 2 aromatic rings. The first-order valence-corrected chi connectivity index (χ1v) is 5.76. The zero-order chi connectivity index (χ0) is 14.4. The van der Waals surface area contributed by atoms with Crippen molar-refractivity contribution in [3.63, 3.8) is 0 Å². The number of ketones is 2. The van der Waals surface area contributed by atoms with Crippen molar-refractivity contribution in [1.82, 2.24) is 0 Å². The molecule has 1 aromatic heterocycles. The summed E-state index contributed by atoms with van der Waals surface area (Å²) in [7, 11) is 2.69. The van der Waals surface area contributed by atoms with E-state index in [2.05, 4.69) is 0 Å². The maximum Gasteiger partial charge on any atom is 0.329 e. The predicted octanol–water partition coefficient (Wildman–Crippen LogP) is 2.05. The van der Waals surface area contributed by atoms with Crippen LogP contribution in [-0.4, -0.2) is 30.9 Å². The van der Waals surface area contributed by atoms with Crippen LogP contribution in [0.2, 0.25) is 0 Å². The molecule has 0 saturated carbocycles. The zero-order valence-electron chi connectivity index (χ0n) is 10.7. The first-order valence-electron chi connectivity index (χ1n) is 5.76. The van der Waals surface area contributed by atoms with Gasteiger partial charge in [0.15, 0.2) is 5.76 Å². The minimum absolute atomic E-state index is 0.0187. The highest BCUT2D eigenvalue weighted by molar-refractivity contribution is 6.53. The Kier molecular flexibility index (Phi) is 2.53. The van der Waals surface area contributed by atoms with Crippen LogP contribution in [-0.2, 0) is 0 Å². The molecular formula is C14H10O6. The first kappa shape index (κ1) is 12.3. The molecule has 0 radical (unpaired) electrons. The number of ether oxygens (including phenoxy) is 2. The van der Waals surface area contributed by atoms with Crippen molar-refractivity contribution in [3.05, 3.63) is 29.3 Å². The monoisotopic (exact) mass is 274 g/mol. The van der Waals surface area contributed by atoms with E-state index in [0.717, 1.165) is 0 Å². The van der Waals surface area contributed by atoms with Gasteiger partial charge in [-0.2, -0.15) is 0 Å². The number of rotatable bonds is 2. The van der Waals surface area contributed by atoms with Gasteiger partial charge in [-0.3, -0.25) is 9.59 Å². The molecule has 0 amide bonds. The Morgan fingerprint density at radius 2 is 1.80 bits per heavy atom. The van der Waals surface area contributed by atoms with Crippen molar-refractivity contribution >= 4 is 11.6 Å². The summed E-state index contributed by atoms with van der Waals surface area (Å²) in [5.41, 5.74) is 0.249. The average Bonchev–Trinajstić information content (AvgIpc) is 2.83. The van der Waals surface area contributed by atoms with Crippen LogP contribution in [0.1, 0.15) is 20.7 Å². The van der Waals surface area contributed by atoms with Gasteiger partial charge in [-0.15, -0.1) is 0 Å². The number of carbonyl (C=O) groups is 2. The van der Waals surface area contributed by atoms with E-state index in [9.17, 15) is 14.7 Å². The fraction of sp³-hybridized carbons (Fsp3) is 0.143. The highest BCUT2D eigenvalue weighted by Gasteiger charge is 2.40. The van der Waals surface area contributed by atoms with Gasteiger partial charge in [-0.1, -0.05) is 6.07 Å². The summed E-state index contributed by atoms with van der Waals surface area (Å²) in [6, 6.07) is 4.36. The molecule has 0 atom stereocenters. The number of hydrogen-bond donors (Lipinski definition) is 1. The molecule has 6 nitrogen and oxygen atoms in total. The van der Waals surface area contributed by atoms with Crippen LogP contribution in [0.3, 0.4) is 0 Å². The number of benzene rings is 1. The summed E-state index contributed by atoms with van der Waals surface area (Å²) < 4.78 is 15.5. The molecule has 1 heterocycles. The molecule has 0 spiro atoms. The van der Waals surface area contributed by atoms with Crippen LogP contribution in [0.4, 0.5) is 0 Å². The van der Waals surface area contributed by atoms with Crippen LogP contribution >= 0.6 is 0 Å². The number of phenols is 1. The summed E-state index contributed by atoms with van der Waals surface area (Å²) >= 11 is 0. The van der Waals surface area contributed by atoms with Gasteiger partial charge >= 0.3 is 5.95 Å². The number of fused-ring (bicyclic) bond motifs is 3. The summed E-state index contributed by atoms with van der Waals surface area (Å²) in [4.78, 5) is 24.3. The van der Waals surface area contributed by atoms with E-state index in [0.29, 0.717) is 0 Å². The molecule has 0 fully saturated rings. The highest BCUT2D eigenvalue weighted by Crippen LogP contribution is 2.48. The number of aromatic hydroxyl groups is 1. The smallest absolute Gasteiger partial charge is 0.329 e. The third-order valence-corrected chi connectivity index (χ3v) is 3.17. The molecule has 0 saturated heterocycles. The summed E-state index contributed by atoms with van der Waals surface area (Å²) in [5, 5.41) is 9.95. The van der Waals surface area contributed by atoms with E-state index in [1.165, 1.54) is 32.4 Å². The van der Waals surface area contributed by atoms with Crippen LogP contribution in [0.25, 0.3) is 11.3 Å². The minimum Gasteiger partial charge on any atom is -0.507 e. The van der Waals surface area contributed by atoms with E-state index < -0.39 is 11.6 Å². The quantitative estimate of drug-likeness (QED) is 0.843. The number of furan rings is 1. The molecule has 1 aliphatic carbocycles. The van der Waals surface area contributed by atoms with Gasteiger partial charge < -0.3 is 19.0 Å². The number of methoxy groups -OCH3 is 2. The molecule has 102 valence electrons. The van der Waals surface area contributed by atoms with Gasteiger partial charge in [0.05, 0.1) is 19.8 Å². The standard InChI is InChI=1S/C14H10O6/c1-18-13-9-11(17)10(16)6-4-3-5-7(15)8(6)12(9)20-14(13)19-2/h3-5,15H,1-2H3. The Morgan fingerprint density at radius 3 is 2.45 bits per heavy atom. The molecule has 1 N–H and O–H groups in total. The van der Waals surface area contributed by atoms with Crippen molar-refractivity contribution in [3.8, 4) is 28.8 Å². The Labute approximate surface area is 113 Å². The third kappa shape index (κ3) is 1.38.